The summed E-state index contributed by atoms with van der Waals surface area (Å²) in [6.45, 7) is 2.84. The Labute approximate surface area is 136 Å². The van der Waals surface area contributed by atoms with Crippen molar-refractivity contribution in [3.8, 4) is 0 Å². The van der Waals surface area contributed by atoms with Crippen LogP contribution in [0.1, 0.15) is 47.9 Å². The first-order valence-corrected chi connectivity index (χ1v) is 7.85. The molecule has 2 N–H and O–H groups in total. The highest BCUT2D eigenvalue weighted by Crippen LogP contribution is 2.07. The van der Waals surface area contributed by atoms with Crippen molar-refractivity contribution in [2.24, 2.45) is 0 Å². The third-order valence-corrected chi connectivity index (χ3v) is 3.44. The molecule has 0 radical (unpaired) electrons. The quantitative estimate of drug-likeness (QED) is 0.787. The van der Waals surface area contributed by atoms with Crippen LogP contribution in [0, 0.1) is 0 Å². The van der Waals surface area contributed by atoms with E-state index in [1.165, 1.54) is 0 Å². The molecule has 0 fully saturated rings. The predicted molar refractivity (Wildman–Crippen MR) is 87.7 cm³/mol. The van der Waals surface area contributed by atoms with Crippen molar-refractivity contribution in [3.63, 3.8) is 0 Å². The summed E-state index contributed by atoms with van der Waals surface area (Å²) in [5.41, 5.74) is 1.47. The first-order valence-electron chi connectivity index (χ1n) is 7.85. The van der Waals surface area contributed by atoms with E-state index in [1.54, 1.807) is 24.5 Å². The van der Waals surface area contributed by atoms with Gasteiger partial charge in [-0.05, 0) is 36.2 Å². The lowest BCUT2D eigenvalue weighted by Gasteiger charge is -2.08. The minimum Gasteiger partial charge on any atom is -0.467 e. The van der Waals surface area contributed by atoms with Crippen molar-refractivity contribution < 1.29 is 14.0 Å². The SMILES string of the molecule is CCCCC(=O)NCc1cccc(C(=O)NCc2ccco2)c1. The Bertz CT molecular complexity index is 635. The van der Waals surface area contributed by atoms with Gasteiger partial charge in [0.1, 0.15) is 5.76 Å². The van der Waals surface area contributed by atoms with Crippen LogP contribution in [-0.4, -0.2) is 11.8 Å². The lowest BCUT2D eigenvalue weighted by molar-refractivity contribution is -0.121. The molecular formula is C18H22N2O3. The van der Waals surface area contributed by atoms with Gasteiger partial charge in [-0.1, -0.05) is 25.5 Å². The minimum absolute atomic E-state index is 0.0412. The highest BCUT2D eigenvalue weighted by atomic mass is 16.3. The lowest BCUT2D eigenvalue weighted by atomic mass is 10.1. The summed E-state index contributed by atoms with van der Waals surface area (Å²) in [6, 6.07) is 10.8. The van der Waals surface area contributed by atoms with Gasteiger partial charge in [0.2, 0.25) is 5.91 Å². The monoisotopic (exact) mass is 314 g/mol. The van der Waals surface area contributed by atoms with Crippen LogP contribution in [0.3, 0.4) is 0 Å². The van der Waals surface area contributed by atoms with Crippen molar-refractivity contribution in [2.75, 3.05) is 0 Å². The molecule has 1 aromatic carbocycles. The molecule has 0 atom stereocenters. The van der Waals surface area contributed by atoms with Crippen molar-refractivity contribution >= 4 is 11.8 Å². The molecule has 23 heavy (non-hydrogen) atoms. The molecule has 2 amide bonds. The highest BCUT2D eigenvalue weighted by Gasteiger charge is 2.07. The Kier molecular flexibility index (Phi) is 6.41. The summed E-state index contributed by atoms with van der Waals surface area (Å²) in [6.07, 6.45) is 4.00. The van der Waals surface area contributed by atoms with Crippen LogP contribution in [0.4, 0.5) is 0 Å². The first kappa shape index (κ1) is 16.8. The molecule has 1 aromatic heterocycles. The average Bonchev–Trinajstić information content (AvgIpc) is 3.09. The second-order valence-electron chi connectivity index (χ2n) is 5.34. The van der Waals surface area contributed by atoms with Gasteiger partial charge in [0, 0.05) is 18.5 Å². The number of nitrogens with one attached hydrogen (secondary N) is 2. The number of amides is 2. The van der Waals surface area contributed by atoms with Crippen LogP contribution in [0.5, 0.6) is 0 Å². The van der Waals surface area contributed by atoms with Gasteiger partial charge in [-0.15, -0.1) is 0 Å². The lowest BCUT2D eigenvalue weighted by Crippen LogP contribution is -2.24. The maximum Gasteiger partial charge on any atom is 0.251 e. The summed E-state index contributed by atoms with van der Waals surface area (Å²) in [5, 5.41) is 5.67. The second-order valence-corrected chi connectivity index (χ2v) is 5.34. The van der Waals surface area contributed by atoms with Crippen molar-refractivity contribution in [2.45, 2.75) is 39.3 Å². The molecule has 1 heterocycles. The van der Waals surface area contributed by atoms with Gasteiger partial charge < -0.3 is 15.1 Å². The predicted octanol–water partition coefficient (Wildman–Crippen LogP) is 3.02. The van der Waals surface area contributed by atoms with Gasteiger partial charge in [-0.2, -0.15) is 0 Å². The molecular weight excluding hydrogens is 292 g/mol. The van der Waals surface area contributed by atoms with Gasteiger partial charge in [-0.3, -0.25) is 9.59 Å². The molecule has 0 saturated heterocycles. The van der Waals surface area contributed by atoms with Crippen LogP contribution in [0.2, 0.25) is 0 Å². The van der Waals surface area contributed by atoms with Crippen molar-refractivity contribution in [1.82, 2.24) is 10.6 Å². The topological polar surface area (TPSA) is 71.3 Å². The third-order valence-electron chi connectivity index (χ3n) is 3.44. The Hall–Kier alpha value is -2.56. The summed E-state index contributed by atoms with van der Waals surface area (Å²) in [4.78, 5) is 23.8. The van der Waals surface area contributed by atoms with Gasteiger partial charge >= 0.3 is 0 Å². The molecule has 0 saturated carbocycles. The zero-order valence-corrected chi connectivity index (χ0v) is 13.3. The fourth-order valence-electron chi connectivity index (χ4n) is 2.13. The molecule has 0 aliphatic carbocycles. The molecule has 0 unspecified atom stereocenters. The smallest absolute Gasteiger partial charge is 0.251 e. The molecule has 0 aliphatic heterocycles. The van der Waals surface area contributed by atoms with E-state index in [1.807, 2.05) is 18.2 Å². The zero-order valence-electron chi connectivity index (χ0n) is 13.3. The van der Waals surface area contributed by atoms with Gasteiger partial charge in [0.25, 0.3) is 5.91 Å². The van der Waals surface area contributed by atoms with E-state index in [4.69, 9.17) is 4.42 Å². The Morgan fingerprint density at radius 1 is 1.09 bits per heavy atom. The van der Waals surface area contributed by atoms with Crippen LogP contribution < -0.4 is 10.6 Å². The van der Waals surface area contributed by atoms with Crippen molar-refractivity contribution in [1.29, 1.82) is 0 Å². The van der Waals surface area contributed by atoms with Crippen LogP contribution in [0.25, 0.3) is 0 Å². The van der Waals surface area contributed by atoms with Gasteiger partial charge in [0.15, 0.2) is 0 Å². The molecule has 0 spiro atoms. The fourth-order valence-corrected chi connectivity index (χ4v) is 2.13. The maximum atomic E-state index is 12.1. The second kappa shape index (κ2) is 8.78. The number of carbonyl (C=O) groups is 2. The largest absolute Gasteiger partial charge is 0.467 e. The van der Waals surface area contributed by atoms with Crippen LogP contribution in [-0.2, 0) is 17.9 Å². The van der Waals surface area contributed by atoms with E-state index >= 15 is 0 Å². The molecule has 0 bridgehead atoms. The van der Waals surface area contributed by atoms with Gasteiger partial charge in [0.05, 0.1) is 12.8 Å². The Morgan fingerprint density at radius 2 is 1.96 bits per heavy atom. The molecule has 122 valence electrons. The normalized spacial score (nSPS) is 10.3. The molecule has 0 aliphatic rings. The Balaban J connectivity index is 1.85. The van der Waals surface area contributed by atoms with Gasteiger partial charge in [-0.25, -0.2) is 0 Å². The van der Waals surface area contributed by atoms with E-state index in [0.29, 0.717) is 30.8 Å². The number of rotatable bonds is 8. The first-order chi connectivity index (χ1) is 11.2. The summed E-state index contributed by atoms with van der Waals surface area (Å²) < 4.78 is 5.18. The molecule has 2 aromatic rings. The van der Waals surface area contributed by atoms with E-state index in [0.717, 1.165) is 18.4 Å². The third kappa shape index (κ3) is 5.62. The number of hydrogen-bond donors (Lipinski definition) is 2. The van der Waals surface area contributed by atoms with Crippen molar-refractivity contribution in [3.05, 3.63) is 59.5 Å². The average molecular weight is 314 g/mol. The van der Waals surface area contributed by atoms with Crippen LogP contribution in [0.15, 0.2) is 47.1 Å². The number of unbranched alkanes of at least 4 members (excludes halogenated alkanes) is 1. The highest BCUT2D eigenvalue weighted by molar-refractivity contribution is 5.94. The number of carbonyl (C=O) groups excluding carboxylic acids is 2. The van der Waals surface area contributed by atoms with Crippen LogP contribution >= 0.6 is 0 Å². The molecule has 5 nitrogen and oxygen atoms in total. The number of hydrogen-bond acceptors (Lipinski definition) is 3. The number of benzene rings is 1. The maximum absolute atomic E-state index is 12.1. The molecule has 5 heteroatoms. The van der Waals surface area contributed by atoms with E-state index in [9.17, 15) is 9.59 Å². The number of furan rings is 1. The zero-order chi connectivity index (χ0) is 16.5. The minimum atomic E-state index is -0.166. The summed E-state index contributed by atoms with van der Waals surface area (Å²) >= 11 is 0. The van der Waals surface area contributed by atoms with E-state index in [-0.39, 0.29) is 11.8 Å². The van der Waals surface area contributed by atoms with E-state index in [2.05, 4.69) is 17.6 Å². The summed E-state index contributed by atoms with van der Waals surface area (Å²) in [5.74, 6) is 0.581. The fraction of sp³-hybridized carbons (Fsp3) is 0.333. The van der Waals surface area contributed by atoms with E-state index < -0.39 is 0 Å². The summed E-state index contributed by atoms with van der Waals surface area (Å²) in [7, 11) is 0. The standard InChI is InChI=1S/C18H22N2O3/c1-2-3-9-17(21)19-12-14-6-4-7-15(11-14)18(22)20-13-16-8-5-10-23-16/h4-8,10-11H,2-3,9,12-13H2,1H3,(H,19,21)(H,20,22). The molecule has 2 rings (SSSR count). The Morgan fingerprint density at radius 3 is 2.70 bits per heavy atom.